The van der Waals surface area contributed by atoms with E-state index in [0.717, 1.165) is 59.8 Å². The van der Waals surface area contributed by atoms with Crippen molar-refractivity contribution in [3.63, 3.8) is 0 Å². The van der Waals surface area contributed by atoms with Crippen LogP contribution in [-0.4, -0.2) is 63.5 Å². The number of benzene rings is 2. The number of fused-ring (bicyclic) bond motifs is 2. The number of anilines is 2. The summed E-state index contributed by atoms with van der Waals surface area (Å²) in [6.45, 7) is 7.03. The average Bonchev–Trinajstić information content (AvgIpc) is 3.48. The molecule has 1 aromatic heterocycles. The van der Waals surface area contributed by atoms with Crippen molar-refractivity contribution in [2.75, 3.05) is 36.0 Å². The lowest BCUT2D eigenvalue weighted by atomic mass is 9.83. The molecule has 6 rings (SSSR count). The van der Waals surface area contributed by atoms with Crippen LogP contribution in [0, 0.1) is 16.0 Å². The number of thiazole rings is 1. The molecule has 4 heterocycles. The standard InChI is InChI=1S/C31H33N5O6S2/c1-3-32(4-2)20-10-8-19(9-11-20)24-25-26(29(39)35(28(25)38)21-12-14-22(15-13-21)36(41)42)43-30-27(24)44-31(40)34(30)18-23(37)33-16-6-5-7-17-33/h8-15,24-26H,3-7,16-18H2,1-2H3. The molecule has 230 valence electrons. The van der Waals surface area contributed by atoms with Gasteiger partial charge in [0, 0.05) is 54.8 Å². The molecule has 2 saturated heterocycles. The zero-order chi connectivity index (χ0) is 31.1. The van der Waals surface area contributed by atoms with Gasteiger partial charge in [0.15, 0.2) is 0 Å². The lowest BCUT2D eigenvalue weighted by molar-refractivity contribution is -0.384. The van der Waals surface area contributed by atoms with Gasteiger partial charge in [-0.2, -0.15) is 0 Å². The molecular weight excluding hydrogens is 603 g/mol. The molecule has 0 N–H and O–H groups in total. The first kappa shape index (κ1) is 30.1. The van der Waals surface area contributed by atoms with Gasteiger partial charge in [-0.25, -0.2) is 4.90 Å². The molecule has 3 aliphatic rings. The molecule has 2 fully saturated rings. The molecule has 44 heavy (non-hydrogen) atoms. The lowest BCUT2D eigenvalue weighted by Gasteiger charge is -2.31. The second-order valence-electron chi connectivity index (χ2n) is 11.2. The molecule has 3 unspecified atom stereocenters. The van der Waals surface area contributed by atoms with Crippen LogP contribution in [0.1, 0.15) is 49.5 Å². The Kier molecular flexibility index (Phi) is 8.34. The molecule has 2 aromatic carbocycles. The van der Waals surface area contributed by atoms with Gasteiger partial charge in [0.2, 0.25) is 17.7 Å². The number of likely N-dealkylation sites (tertiary alicyclic amines) is 1. The molecule has 3 atom stereocenters. The monoisotopic (exact) mass is 635 g/mol. The van der Waals surface area contributed by atoms with E-state index < -0.39 is 33.8 Å². The highest BCUT2D eigenvalue weighted by molar-refractivity contribution is 8.00. The zero-order valence-corrected chi connectivity index (χ0v) is 26.1. The number of nitrogens with zero attached hydrogens (tertiary/aromatic N) is 5. The van der Waals surface area contributed by atoms with Crippen LogP contribution < -0.4 is 14.7 Å². The largest absolute Gasteiger partial charge is 0.372 e. The molecule has 0 aliphatic carbocycles. The number of carbonyl (C=O) groups excluding carboxylic acids is 3. The number of imide groups is 1. The summed E-state index contributed by atoms with van der Waals surface area (Å²) in [6.07, 6.45) is 2.94. The van der Waals surface area contributed by atoms with Crippen molar-refractivity contribution in [1.29, 1.82) is 0 Å². The Morgan fingerprint density at radius 1 is 0.955 bits per heavy atom. The number of rotatable bonds is 8. The van der Waals surface area contributed by atoms with Gasteiger partial charge in [0.25, 0.3) is 5.69 Å². The van der Waals surface area contributed by atoms with Crippen LogP contribution in [0.3, 0.4) is 0 Å². The van der Waals surface area contributed by atoms with Crippen molar-refractivity contribution in [1.82, 2.24) is 9.47 Å². The van der Waals surface area contributed by atoms with Crippen molar-refractivity contribution in [2.45, 2.75) is 55.8 Å². The predicted molar refractivity (Wildman–Crippen MR) is 170 cm³/mol. The quantitative estimate of drug-likeness (QED) is 0.202. The maximum absolute atomic E-state index is 14.1. The van der Waals surface area contributed by atoms with Crippen molar-refractivity contribution >= 4 is 57.9 Å². The molecule has 0 bridgehead atoms. The topological polar surface area (TPSA) is 126 Å². The fourth-order valence-electron chi connectivity index (χ4n) is 6.45. The maximum Gasteiger partial charge on any atom is 0.308 e. The number of carbonyl (C=O) groups is 3. The van der Waals surface area contributed by atoms with Crippen LogP contribution in [0.2, 0.25) is 0 Å². The number of hydrogen-bond acceptors (Lipinski definition) is 9. The Morgan fingerprint density at radius 3 is 2.23 bits per heavy atom. The first-order chi connectivity index (χ1) is 21.2. The smallest absolute Gasteiger partial charge is 0.308 e. The molecule has 13 heteroatoms. The summed E-state index contributed by atoms with van der Waals surface area (Å²) in [5.74, 6) is -2.36. The van der Waals surface area contributed by atoms with Gasteiger partial charge in [-0.1, -0.05) is 35.2 Å². The van der Waals surface area contributed by atoms with Gasteiger partial charge >= 0.3 is 4.87 Å². The van der Waals surface area contributed by atoms with Gasteiger partial charge in [-0.05, 0) is 62.9 Å². The summed E-state index contributed by atoms with van der Waals surface area (Å²) in [7, 11) is 0. The third kappa shape index (κ3) is 5.21. The number of thioether (sulfide) groups is 1. The highest BCUT2D eigenvalue weighted by Crippen LogP contribution is 2.54. The van der Waals surface area contributed by atoms with E-state index in [1.807, 2.05) is 24.3 Å². The molecule has 3 amide bonds. The summed E-state index contributed by atoms with van der Waals surface area (Å²) in [5.41, 5.74) is 1.95. The van der Waals surface area contributed by atoms with Crippen molar-refractivity contribution in [3.05, 3.63) is 78.8 Å². The van der Waals surface area contributed by atoms with Crippen molar-refractivity contribution < 1.29 is 19.3 Å². The number of non-ortho nitro benzene ring substituents is 1. The lowest BCUT2D eigenvalue weighted by Crippen LogP contribution is -2.39. The van der Waals surface area contributed by atoms with Gasteiger partial charge in [-0.3, -0.25) is 33.9 Å². The van der Waals surface area contributed by atoms with E-state index in [1.54, 1.807) is 4.90 Å². The summed E-state index contributed by atoms with van der Waals surface area (Å²) in [4.78, 5) is 70.9. The highest BCUT2D eigenvalue weighted by Gasteiger charge is 2.57. The van der Waals surface area contributed by atoms with Gasteiger partial charge in [-0.15, -0.1) is 0 Å². The minimum absolute atomic E-state index is 0.114. The van der Waals surface area contributed by atoms with E-state index in [0.29, 0.717) is 23.0 Å². The first-order valence-electron chi connectivity index (χ1n) is 14.9. The molecule has 11 nitrogen and oxygen atoms in total. The number of hydrogen-bond donors (Lipinski definition) is 0. The Labute approximate surface area is 262 Å². The predicted octanol–water partition coefficient (Wildman–Crippen LogP) is 4.47. The number of nitro benzene ring substituents is 1. The molecule has 0 saturated carbocycles. The van der Waals surface area contributed by atoms with Crippen molar-refractivity contribution in [2.24, 2.45) is 5.92 Å². The Bertz CT molecular complexity index is 1660. The van der Waals surface area contributed by atoms with Crippen LogP contribution in [-0.2, 0) is 20.9 Å². The van der Waals surface area contributed by atoms with E-state index in [-0.39, 0.29) is 28.7 Å². The van der Waals surface area contributed by atoms with Crippen molar-refractivity contribution in [3.8, 4) is 0 Å². The molecule has 0 radical (unpaired) electrons. The summed E-state index contributed by atoms with van der Waals surface area (Å²) >= 11 is 2.20. The maximum atomic E-state index is 14.1. The summed E-state index contributed by atoms with van der Waals surface area (Å²) < 4.78 is 1.47. The van der Waals surface area contributed by atoms with Crippen LogP contribution in [0.5, 0.6) is 0 Å². The third-order valence-electron chi connectivity index (χ3n) is 8.75. The fourth-order valence-corrected chi connectivity index (χ4v) is 9.23. The Balaban J connectivity index is 1.42. The number of piperidine rings is 1. The Hall–Kier alpha value is -3.97. The van der Waals surface area contributed by atoms with Gasteiger partial charge in [0.05, 0.1) is 21.6 Å². The van der Waals surface area contributed by atoms with Gasteiger partial charge in [0.1, 0.15) is 11.8 Å². The van der Waals surface area contributed by atoms with Crippen LogP contribution in [0.25, 0.3) is 0 Å². The average molecular weight is 636 g/mol. The summed E-state index contributed by atoms with van der Waals surface area (Å²) in [6, 6.07) is 13.3. The van der Waals surface area contributed by atoms with Crippen LogP contribution >= 0.6 is 23.1 Å². The van der Waals surface area contributed by atoms with E-state index >= 15 is 0 Å². The third-order valence-corrected chi connectivity index (χ3v) is 11.4. The minimum Gasteiger partial charge on any atom is -0.372 e. The van der Waals surface area contributed by atoms with Gasteiger partial charge < -0.3 is 9.80 Å². The first-order valence-corrected chi connectivity index (χ1v) is 16.6. The normalized spacial score (nSPS) is 21.3. The van der Waals surface area contributed by atoms with E-state index in [1.165, 1.54) is 40.6 Å². The second kappa shape index (κ2) is 12.2. The van der Waals surface area contributed by atoms with E-state index in [2.05, 4.69) is 18.7 Å². The fraction of sp³-hybridized carbons (Fsp3) is 0.419. The molecular formula is C31H33N5O6S2. The molecule has 3 aromatic rings. The Morgan fingerprint density at radius 2 is 1.61 bits per heavy atom. The highest BCUT2D eigenvalue weighted by atomic mass is 32.2. The number of aromatic nitrogens is 1. The second-order valence-corrected chi connectivity index (χ2v) is 13.3. The molecule has 3 aliphatic heterocycles. The SMILES string of the molecule is CCN(CC)c1ccc(C2c3sc(=O)n(CC(=O)N4CCCCC4)c3SC3C(=O)N(c4ccc([N+](=O)[O-])cc4)C(=O)C32)cc1. The van der Waals surface area contributed by atoms with E-state index in [9.17, 15) is 29.3 Å². The number of amides is 3. The summed E-state index contributed by atoms with van der Waals surface area (Å²) in [5, 5.41) is 10.9. The van der Waals surface area contributed by atoms with Crippen LogP contribution in [0.15, 0.2) is 58.4 Å². The minimum atomic E-state index is -0.831. The number of nitro groups is 1. The van der Waals surface area contributed by atoms with Crippen LogP contribution in [0.4, 0.5) is 17.1 Å². The molecule has 0 spiro atoms. The van der Waals surface area contributed by atoms with E-state index in [4.69, 9.17) is 0 Å². The zero-order valence-electron chi connectivity index (χ0n) is 24.5.